The van der Waals surface area contributed by atoms with Gasteiger partial charge in [-0.25, -0.2) is 0 Å². The number of aliphatic hydroxyl groups excluding tert-OH is 1. The van der Waals surface area contributed by atoms with Gasteiger partial charge in [-0.3, -0.25) is 9.78 Å². The molecule has 5 nitrogen and oxygen atoms in total. The molecule has 5 heteroatoms. The summed E-state index contributed by atoms with van der Waals surface area (Å²) in [6, 6.07) is 11.4. The van der Waals surface area contributed by atoms with E-state index in [0.717, 1.165) is 36.9 Å². The smallest absolute Gasteiger partial charge is 0.253 e. The van der Waals surface area contributed by atoms with Crippen molar-refractivity contribution in [3.63, 3.8) is 0 Å². The summed E-state index contributed by atoms with van der Waals surface area (Å²) in [5.41, 5.74) is 2.48. The van der Waals surface area contributed by atoms with Crippen LogP contribution < -0.4 is 10.6 Å². The molecule has 1 aromatic heterocycles. The molecular weight excluding hydrogens is 314 g/mol. The Morgan fingerprint density at radius 2 is 2.00 bits per heavy atom. The Balaban J connectivity index is 1.60. The summed E-state index contributed by atoms with van der Waals surface area (Å²) in [6.45, 7) is 1.14. The molecule has 1 aliphatic carbocycles. The Morgan fingerprint density at radius 3 is 2.80 bits per heavy atom. The zero-order valence-corrected chi connectivity index (χ0v) is 14.3. The molecule has 25 heavy (non-hydrogen) atoms. The first-order chi connectivity index (χ1) is 12.2. The highest BCUT2D eigenvalue weighted by Crippen LogP contribution is 2.24. The monoisotopic (exact) mass is 339 g/mol. The van der Waals surface area contributed by atoms with Gasteiger partial charge >= 0.3 is 0 Å². The molecule has 2 unspecified atom stereocenters. The third-order valence-electron chi connectivity index (χ3n) is 4.77. The van der Waals surface area contributed by atoms with E-state index in [4.69, 9.17) is 0 Å². The Kier molecular flexibility index (Phi) is 6.01. The summed E-state index contributed by atoms with van der Waals surface area (Å²) in [6.07, 6.45) is 7.26. The molecule has 0 spiro atoms. The summed E-state index contributed by atoms with van der Waals surface area (Å²) in [5, 5.41) is 16.3. The molecule has 1 saturated carbocycles. The van der Waals surface area contributed by atoms with E-state index >= 15 is 0 Å². The van der Waals surface area contributed by atoms with Crippen molar-refractivity contribution in [3.8, 4) is 0 Å². The summed E-state index contributed by atoms with van der Waals surface area (Å²) >= 11 is 0. The molecule has 1 aliphatic rings. The van der Waals surface area contributed by atoms with Crippen molar-refractivity contribution in [2.45, 2.75) is 38.3 Å². The van der Waals surface area contributed by atoms with Crippen LogP contribution >= 0.6 is 0 Å². The highest BCUT2D eigenvalue weighted by atomic mass is 16.3. The van der Waals surface area contributed by atoms with Crippen LogP contribution in [0.3, 0.4) is 0 Å². The van der Waals surface area contributed by atoms with Crippen molar-refractivity contribution >= 4 is 11.6 Å². The first-order valence-corrected chi connectivity index (χ1v) is 8.92. The van der Waals surface area contributed by atoms with Gasteiger partial charge < -0.3 is 15.7 Å². The van der Waals surface area contributed by atoms with Gasteiger partial charge in [0.25, 0.3) is 5.91 Å². The minimum absolute atomic E-state index is 0.105. The molecule has 132 valence electrons. The number of amides is 1. The minimum Gasteiger partial charge on any atom is -0.393 e. The minimum atomic E-state index is -0.298. The van der Waals surface area contributed by atoms with E-state index in [9.17, 15) is 9.90 Å². The van der Waals surface area contributed by atoms with Gasteiger partial charge in [-0.1, -0.05) is 31.0 Å². The van der Waals surface area contributed by atoms with E-state index in [1.807, 2.05) is 36.4 Å². The fourth-order valence-electron chi connectivity index (χ4n) is 3.28. The highest BCUT2D eigenvalue weighted by molar-refractivity contribution is 5.99. The predicted molar refractivity (Wildman–Crippen MR) is 98.3 cm³/mol. The highest BCUT2D eigenvalue weighted by Gasteiger charge is 2.23. The number of pyridine rings is 1. The van der Waals surface area contributed by atoms with Crippen LogP contribution in [0.2, 0.25) is 0 Å². The largest absolute Gasteiger partial charge is 0.393 e. The normalized spacial score (nSPS) is 20.0. The van der Waals surface area contributed by atoms with Gasteiger partial charge in [-0.15, -0.1) is 0 Å². The van der Waals surface area contributed by atoms with Crippen molar-refractivity contribution < 1.29 is 9.90 Å². The number of para-hydroxylation sites is 1. The van der Waals surface area contributed by atoms with Crippen LogP contribution in [0.25, 0.3) is 0 Å². The van der Waals surface area contributed by atoms with Crippen molar-refractivity contribution in [3.05, 3.63) is 59.9 Å². The number of aromatic nitrogens is 1. The SMILES string of the molecule is O=C(NCC1CCCCC1O)c1ccccc1NCc1cccnc1. The van der Waals surface area contributed by atoms with E-state index in [0.29, 0.717) is 18.7 Å². The molecule has 1 fully saturated rings. The second-order valence-corrected chi connectivity index (χ2v) is 6.58. The standard InChI is InChI=1S/C20H25N3O2/c24-19-10-4-1-7-16(19)14-23-20(25)17-8-2-3-9-18(17)22-13-15-6-5-11-21-12-15/h2-3,5-6,8-9,11-12,16,19,22,24H,1,4,7,10,13-14H2,(H,23,25). The van der Waals surface area contributed by atoms with Crippen LogP contribution in [0.4, 0.5) is 5.69 Å². The first kappa shape index (κ1) is 17.4. The number of benzene rings is 1. The third-order valence-corrected chi connectivity index (χ3v) is 4.77. The molecule has 0 saturated heterocycles. The summed E-state index contributed by atoms with van der Waals surface area (Å²) in [5.74, 6) is 0.0558. The Labute approximate surface area is 148 Å². The lowest BCUT2D eigenvalue weighted by atomic mass is 9.86. The number of carbonyl (C=O) groups excluding carboxylic acids is 1. The predicted octanol–water partition coefficient (Wildman–Crippen LogP) is 2.97. The second-order valence-electron chi connectivity index (χ2n) is 6.58. The molecule has 0 bridgehead atoms. The first-order valence-electron chi connectivity index (χ1n) is 8.92. The summed E-state index contributed by atoms with van der Waals surface area (Å²) < 4.78 is 0. The quantitative estimate of drug-likeness (QED) is 0.756. The van der Waals surface area contributed by atoms with E-state index in [2.05, 4.69) is 15.6 Å². The Bertz CT molecular complexity index is 690. The average molecular weight is 339 g/mol. The van der Waals surface area contributed by atoms with Gasteiger partial charge in [-0.05, 0) is 36.6 Å². The van der Waals surface area contributed by atoms with Crippen LogP contribution in [0.1, 0.15) is 41.6 Å². The molecule has 3 N–H and O–H groups in total. The number of hydrogen-bond donors (Lipinski definition) is 3. The molecular formula is C20H25N3O2. The molecule has 0 aliphatic heterocycles. The molecule has 3 rings (SSSR count). The van der Waals surface area contributed by atoms with E-state index < -0.39 is 0 Å². The number of aliphatic hydroxyl groups is 1. The van der Waals surface area contributed by atoms with Crippen LogP contribution in [0.15, 0.2) is 48.8 Å². The average Bonchev–Trinajstić information content (AvgIpc) is 2.66. The lowest BCUT2D eigenvalue weighted by molar-refractivity contribution is 0.0663. The Hall–Kier alpha value is -2.40. The van der Waals surface area contributed by atoms with Crippen LogP contribution in [0, 0.1) is 5.92 Å². The molecule has 1 heterocycles. The van der Waals surface area contributed by atoms with Gasteiger partial charge in [0.15, 0.2) is 0 Å². The number of anilines is 1. The molecule has 2 atom stereocenters. The summed E-state index contributed by atoms with van der Waals surface area (Å²) in [7, 11) is 0. The van der Waals surface area contributed by atoms with E-state index in [1.165, 1.54) is 0 Å². The van der Waals surface area contributed by atoms with Gasteiger partial charge in [0.2, 0.25) is 0 Å². The number of nitrogens with zero attached hydrogens (tertiary/aromatic N) is 1. The van der Waals surface area contributed by atoms with Gasteiger partial charge in [0, 0.05) is 37.1 Å². The van der Waals surface area contributed by atoms with Gasteiger partial charge in [0.05, 0.1) is 11.7 Å². The lowest BCUT2D eigenvalue weighted by Crippen LogP contribution is -2.36. The third kappa shape index (κ3) is 4.79. The van der Waals surface area contributed by atoms with Gasteiger partial charge in [-0.2, -0.15) is 0 Å². The number of nitrogens with one attached hydrogen (secondary N) is 2. The number of rotatable bonds is 6. The van der Waals surface area contributed by atoms with E-state index in [-0.39, 0.29) is 17.9 Å². The number of hydrogen-bond acceptors (Lipinski definition) is 4. The van der Waals surface area contributed by atoms with Crippen LogP contribution in [-0.2, 0) is 6.54 Å². The van der Waals surface area contributed by atoms with Crippen LogP contribution in [0.5, 0.6) is 0 Å². The molecule has 1 amide bonds. The van der Waals surface area contributed by atoms with Crippen LogP contribution in [-0.4, -0.2) is 28.6 Å². The molecule has 0 radical (unpaired) electrons. The zero-order chi connectivity index (χ0) is 17.5. The number of carbonyl (C=O) groups is 1. The maximum atomic E-state index is 12.6. The molecule has 2 aromatic rings. The fourth-order valence-corrected chi connectivity index (χ4v) is 3.28. The summed E-state index contributed by atoms with van der Waals surface area (Å²) in [4.78, 5) is 16.7. The zero-order valence-electron chi connectivity index (χ0n) is 14.3. The van der Waals surface area contributed by atoms with Crippen molar-refractivity contribution in [1.82, 2.24) is 10.3 Å². The Morgan fingerprint density at radius 1 is 1.16 bits per heavy atom. The fraction of sp³-hybridized carbons (Fsp3) is 0.400. The van der Waals surface area contributed by atoms with Gasteiger partial charge in [0.1, 0.15) is 0 Å². The second kappa shape index (κ2) is 8.62. The lowest BCUT2D eigenvalue weighted by Gasteiger charge is -2.27. The maximum Gasteiger partial charge on any atom is 0.253 e. The topological polar surface area (TPSA) is 74.2 Å². The molecule has 1 aromatic carbocycles. The maximum absolute atomic E-state index is 12.6. The van der Waals surface area contributed by atoms with E-state index in [1.54, 1.807) is 12.4 Å². The van der Waals surface area contributed by atoms with Crippen molar-refractivity contribution in [2.24, 2.45) is 5.92 Å². The van der Waals surface area contributed by atoms with Crippen molar-refractivity contribution in [2.75, 3.05) is 11.9 Å². The van der Waals surface area contributed by atoms with Crippen molar-refractivity contribution in [1.29, 1.82) is 0 Å².